The smallest absolute Gasteiger partial charge is 0.261 e. The van der Waals surface area contributed by atoms with E-state index in [1.54, 1.807) is 0 Å². The van der Waals surface area contributed by atoms with Crippen molar-refractivity contribution in [3.63, 3.8) is 0 Å². The molecule has 0 aromatic heterocycles. The van der Waals surface area contributed by atoms with Gasteiger partial charge in [-0.2, -0.15) is 0 Å². The molecule has 0 aliphatic carbocycles. The van der Waals surface area contributed by atoms with E-state index < -0.39 is 26.5 Å². The van der Waals surface area contributed by atoms with Crippen molar-refractivity contribution in [3.05, 3.63) is 60.7 Å². The Balaban J connectivity index is 1.61. The van der Waals surface area contributed by atoms with Crippen LogP contribution in [0.25, 0.3) is 0 Å². The van der Waals surface area contributed by atoms with Crippen molar-refractivity contribution in [2.75, 3.05) is 13.2 Å². The van der Waals surface area contributed by atoms with Gasteiger partial charge in [-0.3, -0.25) is 0 Å². The van der Waals surface area contributed by atoms with E-state index in [1.807, 2.05) is 20.8 Å². The average molecular weight is 499 g/mol. The van der Waals surface area contributed by atoms with Crippen LogP contribution in [-0.4, -0.2) is 64.1 Å². The molecule has 35 heavy (non-hydrogen) atoms. The van der Waals surface area contributed by atoms with Gasteiger partial charge in [0.1, 0.15) is 24.4 Å². The first-order valence-corrected chi connectivity index (χ1v) is 14.5. The van der Waals surface area contributed by atoms with E-state index in [0.29, 0.717) is 6.61 Å². The monoisotopic (exact) mass is 498 g/mol. The van der Waals surface area contributed by atoms with E-state index in [9.17, 15) is 0 Å². The summed E-state index contributed by atoms with van der Waals surface area (Å²) in [5, 5.41) is 2.22. The van der Waals surface area contributed by atoms with Gasteiger partial charge in [-0.05, 0) is 36.2 Å². The Bertz CT molecular complexity index is 948. The fourth-order valence-corrected chi connectivity index (χ4v) is 10.1. The molecule has 3 saturated heterocycles. The molecule has 5 rings (SSSR count). The van der Waals surface area contributed by atoms with Gasteiger partial charge in [0.05, 0.1) is 19.3 Å². The zero-order valence-electron chi connectivity index (χ0n) is 21.6. The molecule has 0 saturated carbocycles. The van der Waals surface area contributed by atoms with E-state index in [4.69, 9.17) is 28.1 Å². The van der Waals surface area contributed by atoms with Crippen molar-refractivity contribution < 1.29 is 28.1 Å². The summed E-state index contributed by atoms with van der Waals surface area (Å²) in [5.74, 6) is -0.728. The van der Waals surface area contributed by atoms with Gasteiger partial charge in [0.25, 0.3) is 8.32 Å². The zero-order valence-corrected chi connectivity index (χ0v) is 22.6. The molecule has 6 nitrogen and oxygen atoms in total. The molecule has 0 spiro atoms. The van der Waals surface area contributed by atoms with Gasteiger partial charge in [-0.25, -0.2) is 0 Å². The number of hydrogen-bond donors (Lipinski definition) is 0. The van der Waals surface area contributed by atoms with Crippen molar-refractivity contribution >= 4 is 18.7 Å². The molecule has 3 aliphatic rings. The van der Waals surface area contributed by atoms with Crippen LogP contribution in [0.15, 0.2) is 60.7 Å². The van der Waals surface area contributed by atoms with E-state index in [1.165, 1.54) is 10.4 Å². The average Bonchev–Trinajstić information content (AvgIpc) is 3.58. The van der Waals surface area contributed by atoms with E-state index in [2.05, 4.69) is 81.4 Å². The maximum atomic E-state index is 7.48. The van der Waals surface area contributed by atoms with Crippen LogP contribution in [0.3, 0.4) is 0 Å². The summed E-state index contributed by atoms with van der Waals surface area (Å²) in [6, 6.07) is 21.2. The number of fused-ring (bicyclic) bond motifs is 1. The van der Waals surface area contributed by atoms with Crippen molar-refractivity contribution in [2.24, 2.45) is 0 Å². The number of epoxide rings is 1. The Hall–Kier alpha value is -1.58. The first-order valence-electron chi connectivity index (χ1n) is 12.6. The van der Waals surface area contributed by atoms with Gasteiger partial charge in [-0.15, -0.1) is 0 Å². The Morgan fingerprint density at radius 1 is 0.914 bits per heavy atom. The van der Waals surface area contributed by atoms with Gasteiger partial charge in [0.15, 0.2) is 12.1 Å². The summed E-state index contributed by atoms with van der Waals surface area (Å²) in [5.41, 5.74) is 0. The van der Waals surface area contributed by atoms with Gasteiger partial charge in [-0.1, -0.05) is 81.4 Å². The molecule has 3 aliphatic heterocycles. The molecule has 1 unspecified atom stereocenters. The Kier molecular flexibility index (Phi) is 6.72. The van der Waals surface area contributed by atoms with Crippen LogP contribution in [0, 0.1) is 0 Å². The first kappa shape index (κ1) is 25.1. The second-order valence-electron chi connectivity index (χ2n) is 11.3. The summed E-state index contributed by atoms with van der Waals surface area (Å²) < 4.78 is 38.4. The molecule has 2 aromatic carbocycles. The molecule has 3 heterocycles. The fourth-order valence-electron chi connectivity index (χ4n) is 5.47. The lowest BCUT2D eigenvalue weighted by Crippen LogP contribution is -2.71. The highest BCUT2D eigenvalue weighted by Crippen LogP contribution is 2.43. The van der Waals surface area contributed by atoms with E-state index >= 15 is 0 Å². The maximum Gasteiger partial charge on any atom is 0.261 e. The van der Waals surface area contributed by atoms with Crippen LogP contribution in [0.1, 0.15) is 41.5 Å². The molecule has 3 fully saturated rings. The van der Waals surface area contributed by atoms with Gasteiger partial charge < -0.3 is 28.1 Å². The maximum absolute atomic E-state index is 7.48. The normalized spacial score (nSPS) is 32.3. The molecule has 0 amide bonds. The topological polar surface area (TPSA) is 58.7 Å². The number of benzene rings is 2. The first-order chi connectivity index (χ1) is 16.6. The highest BCUT2D eigenvalue weighted by atomic mass is 28.4. The van der Waals surface area contributed by atoms with Crippen molar-refractivity contribution in [1.29, 1.82) is 0 Å². The summed E-state index contributed by atoms with van der Waals surface area (Å²) in [7, 11) is -2.87. The molecule has 0 radical (unpaired) electrons. The SMILES string of the molecule is C[C@@H]1O[C@@H](OCC2CO2)[C@@H](O[Si](c2ccccc2)(c2ccccc2)C(C)(C)C)[C@@H]2OC(C)(C)O[C@@H]21. The molecule has 190 valence electrons. The third-order valence-corrected chi connectivity index (χ3v) is 12.2. The van der Waals surface area contributed by atoms with Crippen molar-refractivity contribution in [3.8, 4) is 0 Å². The van der Waals surface area contributed by atoms with Gasteiger partial charge in [0.2, 0.25) is 0 Å². The molecular weight excluding hydrogens is 460 g/mol. The Morgan fingerprint density at radius 3 is 1.97 bits per heavy atom. The van der Waals surface area contributed by atoms with Crippen LogP contribution >= 0.6 is 0 Å². The predicted octanol–water partition coefficient (Wildman–Crippen LogP) is 3.61. The lowest BCUT2D eigenvalue weighted by molar-refractivity contribution is -0.270. The van der Waals surface area contributed by atoms with E-state index in [0.717, 1.165) is 6.61 Å². The van der Waals surface area contributed by atoms with Crippen LogP contribution in [0.4, 0.5) is 0 Å². The summed E-state index contributed by atoms with van der Waals surface area (Å²) in [6.07, 6.45) is -1.69. The lowest BCUT2D eigenvalue weighted by atomic mass is 10.00. The minimum Gasteiger partial charge on any atom is -0.396 e. The quantitative estimate of drug-likeness (QED) is 0.429. The molecule has 2 aromatic rings. The highest BCUT2D eigenvalue weighted by Gasteiger charge is 2.60. The molecule has 6 atom stereocenters. The standard InChI is InChI=1S/C28H38O6Si/c1-19-23-24(33-28(5,6)32-23)25(26(31-19)30-18-20-17-29-20)34-35(27(2,3)4,21-13-9-7-10-14-21)22-15-11-8-12-16-22/h7-16,19-20,23-26H,17-18H2,1-6H3/t19-,20?,23+,24+,25-,26+/m0/s1. The third-order valence-electron chi connectivity index (χ3n) is 7.15. The third kappa shape index (κ3) is 4.88. The van der Waals surface area contributed by atoms with Crippen LogP contribution in [-0.2, 0) is 28.1 Å². The van der Waals surface area contributed by atoms with Crippen LogP contribution in [0.2, 0.25) is 5.04 Å². The van der Waals surface area contributed by atoms with Crippen LogP contribution in [0.5, 0.6) is 0 Å². The van der Waals surface area contributed by atoms with Gasteiger partial charge >= 0.3 is 0 Å². The van der Waals surface area contributed by atoms with Crippen molar-refractivity contribution in [1.82, 2.24) is 0 Å². The number of ether oxygens (including phenoxy) is 5. The lowest BCUT2D eigenvalue weighted by Gasteiger charge is -2.49. The number of rotatable bonds is 7. The largest absolute Gasteiger partial charge is 0.396 e. The summed E-state index contributed by atoms with van der Waals surface area (Å²) >= 11 is 0. The fraction of sp³-hybridized carbons (Fsp3) is 0.571. The van der Waals surface area contributed by atoms with Crippen molar-refractivity contribution in [2.45, 2.75) is 89.2 Å². The number of hydrogen-bond acceptors (Lipinski definition) is 6. The molecule has 7 heteroatoms. The van der Waals surface area contributed by atoms with Crippen LogP contribution < -0.4 is 10.4 Å². The van der Waals surface area contributed by atoms with E-state index in [-0.39, 0.29) is 29.5 Å². The predicted molar refractivity (Wildman–Crippen MR) is 136 cm³/mol. The molecule has 0 bridgehead atoms. The van der Waals surface area contributed by atoms with Gasteiger partial charge in [0, 0.05) is 0 Å². The highest BCUT2D eigenvalue weighted by molar-refractivity contribution is 6.99. The Morgan fingerprint density at radius 2 is 1.46 bits per heavy atom. The molecular formula is C28H38O6Si. The molecule has 0 N–H and O–H groups in total. The zero-order chi connectivity index (χ0) is 24.8. The second-order valence-corrected chi connectivity index (χ2v) is 15.6. The Labute approximate surface area is 209 Å². The summed E-state index contributed by atoms with van der Waals surface area (Å²) in [4.78, 5) is 0. The minimum atomic E-state index is -2.87. The summed E-state index contributed by atoms with van der Waals surface area (Å²) in [6.45, 7) is 13.9. The minimum absolute atomic E-state index is 0.123. The second kappa shape index (κ2) is 9.38.